The highest BCUT2D eigenvalue weighted by Gasteiger charge is 2.31. The number of carbonyl (C=O) groups excluding carboxylic acids is 2. The summed E-state index contributed by atoms with van der Waals surface area (Å²) in [5, 5.41) is 0. The van der Waals surface area contributed by atoms with Gasteiger partial charge in [-0.15, -0.1) is 0 Å². The molecule has 2 saturated heterocycles. The summed E-state index contributed by atoms with van der Waals surface area (Å²) in [6.07, 6.45) is 4.08. The fourth-order valence-corrected chi connectivity index (χ4v) is 4.14. The highest BCUT2D eigenvalue weighted by atomic mass is 16.5. The van der Waals surface area contributed by atoms with Crippen LogP contribution in [-0.2, 0) is 16.0 Å². The number of amides is 2. The summed E-state index contributed by atoms with van der Waals surface area (Å²) in [5.41, 5.74) is 0.906. The molecule has 0 unspecified atom stereocenters. The fourth-order valence-electron chi connectivity index (χ4n) is 4.14. The van der Waals surface area contributed by atoms with Gasteiger partial charge in [-0.3, -0.25) is 9.59 Å². The maximum atomic E-state index is 12.8. The first kappa shape index (κ1) is 20.5. The summed E-state index contributed by atoms with van der Waals surface area (Å²) in [4.78, 5) is 29.4. The zero-order valence-electron chi connectivity index (χ0n) is 17.3. The van der Waals surface area contributed by atoms with Gasteiger partial charge in [0.05, 0.1) is 20.6 Å². The van der Waals surface area contributed by atoms with E-state index >= 15 is 0 Å². The molecule has 6 heteroatoms. The minimum absolute atomic E-state index is 0.0681. The Morgan fingerprint density at radius 1 is 0.929 bits per heavy atom. The first-order valence-electron chi connectivity index (χ1n) is 10.3. The van der Waals surface area contributed by atoms with Gasteiger partial charge in [0, 0.05) is 32.1 Å². The molecule has 0 N–H and O–H groups in total. The lowest BCUT2D eigenvalue weighted by atomic mass is 9.92. The number of nitrogens with zero attached hydrogens (tertiary/aromatic N) is 2. The van der Waals surface area contributed by atoms with Crippen molar-refractivity contribution in [1.29, 1.82) is 0 Å². The van der Waals surface area contributed by atoms with Crippen molar-refractivity contribution in [2.45, 2.75) is 39.0 Å². The molecule has 6 nitrogen and oxygen atoms in total. The van der Waals surface area contributed by atoms with E-state index in [4.69, 9.17) is 9.47 Å². The second-order valence-electron chi connectivity index (χ2n) is 8.03. The number of likely N-dealkylation sites (tertiary alicyclic amines) is 2. The Kier molecular flexibility index (Phi) is 6.81. The van der Waals surface area contributed by atoms with Gasteiger partial charge in [0.15, 0.2) is 11.5 Å². The summed E-state index contributed by atoms with van der Waals surface area (Å²) in [7, 11) is 3.19. The number of methoxy groups -OCH3 is 2. The average Bonchev–Trinajstić information content (AvgIpc) is 2.73. The molecule has 0 radical (unpaired) electrons. The van der Waals surface area contributed by atoms with Crippen LogP contribution in [0.2, 0.25) is 0 Å². The van der Waals surface area contributed by atoms with Crippen LogP contribution in [0, 0.1) is 11.8 Å². The zero-order valence-corrected chi connectivity index (χ0v) is 17.3. The predicted octanol–water partition coefficient (Wildman–Crippen LogP) is 2.74. The third-order valence-electron chi connectivity index (χ3n) is 6.10. The van der Waals surface area contributed by atoms with Gasteiger partial charge in [0.2, 0.25) is 11.8 Å². The van der Waals surface area contributed by atoms with Crippen LogP contribution < -0.4 is 9.47 Å². The maximum Gasteiger partial charge on any atom is 0.226 e. The quantitative estimate of drug-likeness (QED) is 0.778. The smallest absolute Gasteiger partial charge is 0.226 e. The lowest BCUT2D eigenvalue weighted by Crippen LogP contribution is -2.46. The molecule has 2 aliphatic rings. The minimum atomic E-state index is 0.0681. The molecule has 0 saturated carbocycles. The maximum absolute atomic E-state index is 12.8. The number of carbonyl (C=O) groups is 2. The van der Waals surface area contributed by atoms with Gasteiger partial charge in [-0.1, -0.05) is 13.0 Å². The van der Waals surface area contributed by atoms with Crippen molar-refractivity contribution < 1.29 is 19.1 Å². The largest absolute Gasteiger partial charge is 0.493 e. The highest BCUT2D eigenvalue weighted by Crippen LogP contribution is 2.28. The van der Waals surface area contributed by atoms with E-state index in [-0.39, 0.29) is 11.8 Å². The first-order chi connectivity index (χ1) is 13.5. The number of ether oxygens (including phenoxy) is 2. The Labute approximate surface area is 167 Å². The molecule has 1 aromatic carbocycles. The molecule has 2 amide bonds. The van der Waals surface area contributed by atoms with Gasteiger partial charge >= 0.3 is 0 Å². The molecular weight excluding hydrogens is 356 g/mol. The van der Waals surface area contributed by atoms with E-state index in [0.717, 1.165) is 50.3 Å². The number of piperidine rings is 2. The van der Waals surface area contributed by atoms with Crippen molar-refractivity contribution in [2.24, 2.45) is 11.8 Å². The molecule has 2 heterocycles. The van der Waals surface area contributed by atoms with Crippen molar-refractivity contribution in [2.75, 3.05) is 40.4 Å². The van der Waals surface area contributed by atoms with Gasteiger partial charge in [-0.2, -0.15) is 0 Å². The monoisotopic (exact) mass is 388 g/mol. The molecule has 154 valence electrons. The van der Waals surface area contributed by atoms with Crippen molar-refractivity contribution in [3.8, 4) is 11.5 Å². The van der Waals surface area contributed by atoms with Gasteiger partial charge in [0.25, 0.3) is 0 Å². The van der Waals surface area contributed by atoms with E-state index in [1.807, 2.05) is 28.0 Å². The SMILES string of the molecule is COc1ccc(CC(=O)N2CCC(C(=O)N3CCC(C)CC3)CC2)cc1OC. The molecule has 0 aliphatic carbocycles. The Morgan fingerprint density at radius 3 is 2.14 bits per heavy atom. The van der Waals surface area contributed by atoms with Crippen molar-refractivity contribution in [1.82, 2.24) is 9.80 Å². The van der Waals surface area contributed by atoms with Gasteiger partial charge in [-0.25, -0.2) is 0 Å². The third-order valence-corrected chi connectivity index (χ3v) is 6.10. The summed E-state index contributed by atoms with van der Waals surface area (Å²) < 4.78 is 10.6. The van der Waals surface area contributed by atoms with Crippen molar-refractivity contribution >= 4 is 11.8 Å². The van der Waals surface area contributed by atoms with Crippen LogP contribution in [-0.4, -0.2) is 62.0 Å². The average molecular weight is 389 g/mol. The molecule has 0 aromatic heterocycles. The van der Waals surface area contributed by atoms with Crippen LogP contribution >= 0.6 is 0 Å². The highest BCUT2D eigenvalue weighted by molar-refractivity contribution is 5.81. The molecule has 0 atom stereocenters. The van der Waals surface area contributed by atoms with E-state index in [9.17, 15) is 9.59 Å². The Hall–Kier alpha value is -2.24. The van der Waals surface area contributed by atoms with Gasteiger partial charge in [0.1, 0.15) is 0 Å². The van der Waals surface area contributed by atoms with Crippen LogP contribution in [0.25, 0.3) is 0 Å². The van der Waals surface area contributed by atoms with E-state index < -0.39 is 0 Å². The molecular formula is C22H32N2O4. The normalized spacial score (nSPS) is 18.8. The first-order valence-corrected chi connectivity index (χ1v) is 10.3. The Bertz CT molecular complexity index is 690. The van der Waals surface area contributed by atoms with Gasteiger partial charge < -0.3 is 19.3 Å². The van der Waals surface area contributed by atoms with Crippen LogP contribution in [0.3, 0.4) is 0 Å². The number of rotatable bonds is 5. The van der Waals surface area contributed by atoms with Crippen molar-refractivity contribution in [3.05, 3.63) is 23.8 Å². The molecule has 2 fully saturated rings. The molecule has 28 heavy (non-hydrogen) atoms. The van der Waals surface area contributed by atoms with E-state index in [0.29, 0.717) is 36.9 Å². The van der Waals surface area contributed by atoms with E-state index in [2.05, 4.69) is 6.92 Å². The summed E-state index contributed by atoms with van der Waals surface area (Å²) in [6, 6.07) is 5.57. The topological polar surface area (TPSA) is 59.1 Å². The summed E-state index contributed by atoms with van der Waals surface area (Å²) in [5.74, 6) is 2.47. The summed E-state index contributed by atoms with van der Waals surface area (Å²) in [6.45, 7) is 5.35. The lowest BCUT2D eigenvalue weighted by molar-refractivity contribution is -0.141. The van der Waals surface area contributed by atoms with Crippen LogP contribution in [0.1, 0.15) is 38.2 Å². The Balaban J connectivity index is 1.50. The molecule has 3 rings (SSSR count). The zero-order chi connectivity index (χ0) is 20.1. The van der Waals surface area contributed by atoms with Crippen LogP contribution in [0.5, 0.6) is 11.5 Å². The molecule has 0 spiro atoms. The van der Waals surface area contributed by atoms with Crippen LogP contribution in [0.4, 0.5) is 0 Å². The van der Waals surface area contributed by atoms with Crippen LogP contribution in [0.15, 0.2) is 18.2 Å². The van der Waals surface area contributed by atoms with E-state index in [1.165, 1.54) is 0 Å². The lowest BCUT2D eigenvalue weighted by Gasteiger charge is -2.36. The minimum Gasteiger partial charge on any atom is -0.493 e. The number of benzene rings is 1. The number of hydrogen-bond acceptors (Lipinski definition) is 4. The van der Waals surface area contributed by atoms with Crippen molar-refractivity contribution in [3.63, 3.8) is 0 Å². The molecule has 2 aliphatic heterocycles. The van der Waals surface area contributed by atoms with E-state index in [1.54, 1.807) is 14.2 Å². The second kappa shape index (κ2) is 9.30. The third kappa shape index (κ3) is 4.78. The number of hydrogen-bond donors (Lipinski definition) is 0. The molecule has 0 bridgehead atoms. The standard InChI is InChI=1S/C22H32N2O4/c1-16-6-10-24(11-7-16)22(26)18-8-12-23(13-9-18)21(25)15-17-4-5-19(27-2)20(14-17)28-3/h4-5,14,16,18H,6-13,15H2,1-3H3. The fraction of sp³-hybridized carbons (Fsp3) is 0.636. The predicted molar refractivity (Wildman–Crippen MR) is 108 cm³/mol. The van der Waals surface area contributed by atoms with Gasteiger partial charge in [-0.05, 0) is 49.3 Å². The Morgan fingerprint density at radius 2 is 1.54 bits per heavy atom. The summed E-state index contributed by atoms with van der Waals surface area (Å²) >= 11 is 0. The molecule has 1 aromatic rings. The second-order valence-corrected chi connectivity index (χ2v) is 8.03.